The summed E-state index contributed by atoms with van der Waals surface area (Å²) in [6, 6.07) is 6.99. The molecule has 0 saturated carbocycles. The number of β-amino-alcohol motifs (C(OH)–C–C–N with tert-alkyl or cyclic N) is 1. The number of morpholine rings is 1. The number of nitrogens with one attached hydrogen (secondary N) is 1. The zero-order valence-electron chi connectivity index (χ0n) is 17.0. The molecule has 164 valence electrons. The van der Waals surface area contributed by atoms with Crippen LogP contribution in [0.5, 0.6) is 5.75 Å². The Hall–Kier alpha value is -2.86. The number of rotatable bonds is 7. The number of hydrogen-bond donors (Lipinski definition) is 2. The molecule has 1 aromatic carbocycles. The van der Waals surface area contributed by atoms with Crippen molar-refractivity contribution in [2.75, 3.05) is 39.5 Å². The van der Waals surface area contributed by atoms with E-state index < -0.39 is 17.4 Å². The molecule has 0 spiro atoms. The molecule has 3 aromatic rings. The lowest BCUT2D eigenvalue weighted by Crippen LogP contribution is -2.42. The van der Waals surface area contributed by atoms with Crippen molar-refractivity contribution in [3.05, 3.63) is 56.4 Å². The topological polar surface area (TPSA) is 122 Å². The number of ether oxygens (including phenoxy) is 2. The van der Waals surface area contributed by atoms with Gasteiger partial charge in [-0.3, -0.25) is 14.7 Å². The summed E-state index contributed by atoms with van der Waals surface area (Å²) in [5.74, 6) is 0.606. The molecule has 0 bridgehead atoms. The van der Waals surface area contributed by atoms with Crippen molar-refractivity contribution in [3.63, 3.8) is 0 Å². The highest BCUT2D eigenvalue weighted by Gasteiger charge is 2.15. The summed E-state index contributed by atoms with van der Waals surface area (Å²) in [5, 5.41) is 14.6. The fourth-order valence-electron chi connectivity index (χ4n) is 3.26. The molecule has 10 nitrogen and oxygen atoms in total. The van der Waals surface area contributed by atoms with Crippen LogP contribution in [0.3, 0.4) is 0 Å². The maximum Gasteiger partial charge on any atom is 0.350 e. The van der Waals surface area contributed by atoms with Gasteiger partial charge in [-0.05, 0) is 48.3 Å². The predicted molar refractivity (Wildman–Crippen MR) is 117 cm³/mol. The van der Waals surface area contributed by atoms with E-state index in [1.54, 1.807) is 31.2 Å². The highest BCUT2D eigenvalue weighted by molar-refractivity contribution is 7.12. The second-order valence-corrected chi connectivity index (χ2v) is 7.98. The molecule has 11 heteroatoms. The first-order chi connectivity index (χ1) is 15.0. The molecular formula is C20H23N5O5S. The number of nitrogens with zero attached hydrogens (tertiary/aromatic N) is 4. The largest absolute Gasteiger partial charge is 0.491 e. The SMILES string of the molecule is Cc1nsc2[nH]c(=O)n(/N=C/c3ccc(OC[C@@H](O)CN4CCOCC4)cc3)c(=O)c12. The smallest absolute Gasteiger partial charge is 0.350 e. The number of aliphatic hydroxyl groups is 1. The maximum atomic E-state index is 12.5. The second-order valence-electron chi connectivity index (χ2n) is 7.21. The lowest BCUT2D eigenvalue weighted by atomic mass is 10.2. The first-order valence-electron chi connectivity index (χ1n) is 9.88. The standard InChI is InChI=1S/C20H23N5O5S/c1-13-17-18(31-23-13)22-20(28)25(19(17)27)21-10-14-2-4-16(5-3-14)30-12-15(26)11-24-6-8-29-9-7-24/h2-5,10,15,26H,6-9,11-12H2,1H3,(H,22,28)/b21-10+/t15-/m0/s1. The zero-order valence-corrected chi connectivity index (χ0v) is 17.8. The molecule has 3 heterocycles. The van der Waals surface area contributed by atoms with E-state index in [1.807, 2.05) is 0 Å². The molecule has 1 atom stereocenters. The summed E-state index contributed by atoms with van der Waals surface area (Å²) in [4.78, 5) is 29.9. The maximum absolute atomic E-state index is 12.5. The van der Waals surface area contributed by atoms with Gasteiger partial charge in [0, 0.05) is 19.6 Å². The zero-order chi connectivity index (χ0) is 21.8. The quantitative estimate of drug-likeness (QED) is 0.505. The molecule has 2 N–H and O–H groups in total. The van der Waals surface area contributed by atoms with Crippen LogP contribution in [0.1, 0.15) is 11.3 Å². The number of H-pyrrole nitrogens is 1. The molecule has 1 fully saturated rings. The van der Waals surface area contributed by atoms with E-state index in [0.29, 0.717) is 47.0 Å². The van der Waals surface area contributed by atoms with Crippen LogP contribution in [-0.4, -0.2) is 75.8 Å². The van der Waals surface area contributed by atoms with Crippen LogP contribution in [0.2, 0.25) is 0 Å². The highest BCUT2D eigenvalue weighted by atomic mass is 32.1. The number of aromatic nitrogens is 3. The van der Waals surface area contributed by atoms with Crippen LogP contribution >= 0.6 is 11.5 Å². The third kappa shape index (κ3) is 5.07. The lowest BCUT2D eigenvalue weighted by Gasteiger charge is -2.28. The molecular weight excluding hydrogens is 422 g/mol. The Morgan fingerprint density at radius 1 is 1.32 bits per heavy atom. The molecule has 1 aliphatic rings. The Bertz CT molecular complexity index is 1180. The van der Waals surface area contributed by atoms with Gasteiger partial charge in [0.15, 0.2) is 0 Å². The molecule has 0 unspecified atom stereocenters. The minimum absolute atomic E-state index is 0.184. The van der Waals surface area contributed by atoms with Crippen LogP contribution in [0.15, 0.2) is 39.0 Å². The summed E-state index contributed by atoms with van der Waals surface area (Å²) in [6.45, 7) is 5.44. The first-order valence-corrected chi connectivity index (χ1v) is 10.7. The van der Waals surface area contributed by atoms with E-state index in [9.17, 15) is 14.7 Å². The number of benzene rings is 1. The fraction of sp³-hybridized carbons (Fsp3) is 0.400. The molecule has 4 rings (SSSR count). The third-order valence-electron chi connectivity index (χ3n) is 4.90. The average molecular weight is 446 g/mol. The van der Waals surface area contributed by atoms with E-state index >= 15 is 0 Å². The van der Waals surface area contributed by atoms with E-state index in [2.05, 4.69) is 19.4 Å². The van der Waals surface area contributed by atoms with Gasteiger partial charge in [-0.1, -0.05) is 0 Å². The fourth-order valence-corrected chi connectivity index (χ4v) is 4.04. The number of hydrogen-bond acceptors (Lipinski definition) is 9. The number of aliphatic hydroxyl groups excluding tert-OH is 1. The Morgan fingerprint density at radius 3 is 2.81 bits per heavy atom. The monoisotopic (exact) mass is 445 g/mol. The van der Waals surface area contributed by atoms with Crippen molar-refractivity contribution < 1.29 is 14.6 Å². The van der Waals surface area contributed by atoms with Crippen LogP contribution in [0.4, 0.5) is 0 Å². The Labute approximate surface area is 181 Å². The molecule has 1 saturated heterocycles. The van der Waals surface area contributed by atoms with Crippen molar-refractivity contribution in [3.8, 4) is 5.75 Å². The van der Waals surface area contributed by atoms with Crippen molar-refractivity contribution in [1.29, 1.82) is 0 Å². The van der Waals surface area contributed by atoms with Gasteiger partial charge < -0.3 is 14.6 Å². The van der Waals surface area contributed by atoms with Gasteiger partial charge in [0.1, 0.15) is 23.3 Å². The van der Waals surface area contributed by atoms with Gasteiger partial charge >= 0.3 is 5.69 Å². The molecule has 0 amide bonds. The van der Waals surface area contributed by atoms with Crippen molar-refractivity contribution in [2.24, 2.45) is 5.10 Å². The van der Waals surface area contributed by atoms with Crippen molar-refractivity contribution in [1.82, 2.24) is 18.9 Å². The van der Waals surface area contributed by atoms with E-state index in [1.165, 1.54) is 6.21 Å². The highest BCUT2D eigenvalue weighted by Crippen LogP contribution is 2.14. The lowest BCUT2D eigenvalue weighted by molar-refractivity contribution is 0.00465. The summed E-state index contributed by atoms with van der Waals surface area (Å²) < 4.78 is 15.8. The summed E-state index contributed by atoms with van der Waals surface area (Å²) >= 11 is 1.07. The Kier molecular flexibility index (Phi) is 6.56. The third-order valence-corrected chi connectivity index (χ3v) is 5.75. The number of aromatic amines is 1. The van der Waals surface area contributed by atoms with Gasteiger partial charge in [-0.25, -0.2) is 4.79 Å². The molecule has 0 radical (unpaired) electrons. The van der Waals surface area contributed by atoms with Gasteiger partial charge in [0.2, 0.25) is 0 Å². The summed E-state index contributed by atoms with van der Waals surface area (Å²) in [6.07, 6.45) is 0.831. The predicted octanol–water partition coefficient (Wildman–Crippen LogP) is 0.409. The van der Waals surface area contributed by atoms with Crippen molar-refractivity contribution >= 4 is 28.0 Å². The van der Waals surface area contributed by atoms with Crippen LogP contribution in [0.25, 0.3) is 10.2 Å². The molecule has 1 aliphatic heterocycles. The van der Waals surface area contributed by atoms with E-state index in [4.69, 9.17) is 9.47 Å². The first kappa shape index (κ1) is 21.4. The number of aryl methyl sites for hydroxylation is 1. The van der Waals surface area contributed by atoms with E-state index in [-0.39, 0.29) is 6.61 Å². The average Bonchev–Trinajstić information content (AvgIpc) is 3.14. The normalized spacial score (nSPS) is 16.2. The van der Waals surface area contributed by atoms with Gasteiger partial charge in [-0.15, -0.1) is 4.68 Å². The van der Waals surface area contributed by atoms with E-state index in [0.717, 1.165) is 29.3 Å². The minimum atomic E-state index is -0.619. The molecule has 0 aliphatic carbocycles. The Morgan fingerprint density at radius 2 is 2.06 bits per heavy atom. The summed E-state index contributed by atoms with van der Waals surface area (Å²) in [5.41, 5.74) is 0.123. The molecule has 2 aromatic heterocycles. The number of fused-ring (bicyclic) bond motifs is 1. The summed E-state index contributed by atoms with van der Waals surface area (Å²) in [7, 11) is 0. The van der Waals surface area contributed by atoms with Gasteiger partial charge in [0.05, 0.1) is 30.5 Å². The molecule has 31 heavy (non-hydrogen) atoms. The van der Waals surface area contributed by atoms with Gasteiger partial charge in [-0.2, -0.15) is 9.47 Å². The van der Waals surface area contributed by atoms with Crippen LogP contribution in [-0.2, 0) is 4.74 Å². The van der Waals surface area contributed by atoms with Crippen LogP contribution < -0.4 is 16.0 Å². The Balaban J connectivity index is 1.38. The minimum Gasteiger partial charge on any atom is -0.491 e. The van der Waals surface area contributed by atoms with Gasteiger partial charge in [0.25, 0.3) is 5.56 Å². The second kappa shape index (κ2) is 9.52. The van der Waals surface area contributed by atoms with Crippen LogP contribution in [0, 0.1) is 6.92 Å². The van der Waals surface area contributed by atoms with Crippen molar-refractivity contribution in [2.45, 2.75) is 13.0 Å².